The third-order valence-electron chi connectivity index (χ3n) is 12.1. The molecule has 2 aliphatic carbocycles. The number of fused-ring (bicyclic) bond motifs is 9. The van der Waals surface area contributed by atoms with Crippen molar-refractivity contribution in [2.24, 2.45) is 0 Å². The molecule has 0 radical (unpaired) electrons. The van der Waals surface area contributed by atoms with E-state index in [0.29, 0.717) is 0 Å². The molecule has 2 nitrogen and oxygen atoms in total. The van der Waals surface area contributed by atoms with Gasteiger partial charge in [0, 0.05) is 33.0 Å². The van der Waals surface area contributed by atoms with Crippen LogP contribution in [0.2, 0.25) is 0 Å². The van der Waals surface area contributed by atoms with E-state index in [2.05, 4.69) is 207 Å². The summed E-state index contributed by atoms with van der Waals surface area (Å²) in [5.74, 6) is 0. The number of rotatable bonds is 5. The largest absolute Gasteiger partial charge is 0.456 e. The highest BCUT2D eigenvalue weighted by Gasteiger charge is 2.50. The van der Waals surface area contributed by atoms with E-state index in [1.165, 1.54) is 50.1 Å². The van der Waals surface area contributed by atoms with E-state index in [0.717, 1.165) is 44.6 Å². The molecule has 0 spiro atoms. The second-order valence-corrected chi connectivity index (χ2v) is 15.2. The molecule has 0 fully saturated rings. The fourth-order valence-corrected chi connectivity index (χ4v) is 9.88. The Kier molecular flexibility index (Phi) is 6.55. The first-order valence-electron chi connectivity index (χ1n) is 18.9. The maximum Gasteiger partial charge on any atom is 0.142 e. The average Bonchev–Trinajstić information content (AvgIpc) is 3.83. The predicted molar refractivity (Wildman–Crippen MR) is 223 cm³/mol. The molecule has 1 heterocycles. The molecule has 0 amide bonds. The molecular formula is C52H37NO. The van der Waals surface area contributed by atoms with Gasteiger partial charge in [0.25, 0.3) is 0 Å². The summed E-state index contributed by atoms with van der Waals surface area (Å²) in [6, 6.07) is 68.8. The number of para-hydroxylation sites is 2. The van der Waals surface area contributed by atoms with Crippen molar-refractivity contribution in [2.45, 2.75) is 24.7 Å². The van der Waals surface area contributed by atoms with E-state index >= 15 is 0 Å². The van der Waals surface area contributed by atoms with Gasteiger partial charge in [-0.1, -0.05) is 166 Å². The summed E-state index contributed by atoms with van der Waals surface area (Å²) in [5.41, 5.74) is 16.8. The van der Waals surface area contributed by atoms with Gasteiger partial charge in [-0.05, 0) is 80.9 Å². The fraction of sp³-hybridized carbons (Fsp3) is 0.0769. The molecule has 9 aromatic rings. The fourth-order valence-electron chi connectivity index (χ4n) is 9.88. The first-order chi connectivity index (χ1) is 26.6. The molecule has 0 bridgehead atoms. The Labute approximate surface area is 315 Å². The van der Waals surface area contributed by atoms with E-state index in [1.54, 1.807) is 0 Å². The van der Waals surface area contributed by atoms with Gasteiger partial charge in [-0.15, -0.1) is 0 Å². The Bertz CT molecular complexity index is 2870. The second-order valence-electron chi connectivity index (χ2n) is 15.2. The highest BCUT2D eigenvalue weighted by atomic mass is 16.3. The van der Waals surface area contributed by atoms with Crippen LogP contribution in [-0.2, 0) is 10.8 Å². The summed E-state index contributed by atoms with van der Waals surface area (Å²) >= 11 is 0. The van der Waals surface area contributed by atoms with E-state index in [1.807, 2.05) is 0 Å². The minimum atomic E-state index is -0.709. The molecule has 2 heteroatoms. The maximum atomic E-state index is 7.19. The lowest BCUT2D eigenvalue weighted by Crippen LogP contribution is -2.31. The predicted octanol–water partition coefficient (Wildman–Crippen LogP) is 13.7. The lowest BCUT2D eigenvalue weighted by molar-refractivity contribution is 0.648. The molecule has 0 N–H and O–H groups in total. The zero-order valence-corrected chi connectivity index (χ0v) is 30.3. The van der Waals surface area contributed by atoms with Crippen molar-refractivity contribution < 1.29 is 4.42 Å². The SMILES string of the molecule is CC1(C)c2ccccc2-c2c(N(c3ccccc3)c3ccc4c(oc5ccccc54)c3C3(c4ccccc4)c4ccccc4-c4ccccc43)cccc21. The molecule has 0 atom stereocenters. The molecule has 0 saturated carbocycles. The van der Waals surface area contributed by atoms with Crippen molar-refractivity contribution in [3.05, 3.63) is 221 Å². The Morgan fingerprint density at radius 1 is 0.426 bits per heavy atom. The van der Waals surface area contributed by atoms with Crippen LogP contribution in [0.5, 0.6) is 0 Å². The summed E-state index contributed by atoms with van der Waals surface area (Å²) in [6.45, 7) is 4.72. The molecule has 54 heavy (non-hydrogen) atoms. The average molecular weight is 692 g/mol. The van der Waals surface area contributed by atoms with Crippen LogP contribution in [0.1, 0.15) is 47.2 Å². The van der Waals surface area contributed by atoms with E-state index in [4.69, 9.17) is 4.42 Å². The Balaban J connectivity index is 1.35. The number of hydrogen-bond acceptors (Lipinski definition) is 2. The van der Waals surface area contributed by atoms with Gasteiger partial charge in [0.1, 0.15) is 11.2 Å². The van der Waals surface area contributed by atoms with Crippen LogP contribution in [0, 0.1) is 0 Å². The Hall–Kier alpha value is -6.64. The van der Waals surface area contributed by atoms with Crippen molar-refractivity contribution in [1.82, 2.24) is 0 Å². The molecule has 11 rings (SSSR count). The van der Waals surface area contributed by atoms with Crippen LogP contribution in [0.25, 0.3) is 44.2 Å². The monoisotopic (exact) mass is 691 g/mol. The van der Waals surface area contributed by atoms with Gasteiger partial charge >= 0.3 is 0 Å². The zero-order chi connectivity index (χ0) is 36.0. The van der Waals surface area contributed by atoms with E-state index in [-0.39, 0.29) is 5.41 Å². The molecule has 0 saturated heterocycles. The Morgan fingerprint density at radius 2 is 1.00 bits per heavy atom. The van der Waals surface area contributed by atoms with Gasteiger partial charge in [0.15, 0.2) is 0 Å². The third kappa shape index (κ3) is 4.06. The molecule has 0 unspecified atom stereocenters. The summed E-state index contributed by atoms with van der Waals surface area (Å²) < 4.78 is 7.19. The van der Waals surface area contributed by atoms with Crippen LogP contribution >= 0.6 is 0 Å². The molecular weight excluding hydrogens is 655 g/mol. The lowest BCUT2D eigenvalue weighted by atomic mass is 9.66. The number of nitrogens with zero attached hydrogens (tertiary/aromatic N) is 1. The number of benzene rings is 8. The van der Waals surface area contributed by atoms with Gasteiger partial charge < -0.3 is 9.32 Å². The van der Waals surface area contributed by atoms with Crippen LogP contribution in [-0.4, -0.2) is 0 Å². The van der Waals surface area contributed by atoms with Crippen LogP contribution in [0.3, 0.4) is 0 Å². The molecule has 1 aromatic heterocycles. The van der Waals surface area contributed by atoms with Crippen molar-refractivity contribution in [2.75, 3.05) is 4.90 Å². The summed E-state index contributed by atoms with van der Waals surface area (Å²) in [7, 11) is 0. The van der Waals surface area contributed by atoms with Crippen molar-refractivity contribution in [3.8, 4) is 22.3 Å². The van der Waals surface area contributed by atoms with Crippen molar-refractivity contribution in [3.63, 3.8) is 0 Å². The normalized spacial score (nSPS) is 14.4. The molecule has 2 aliphatic rings. The number of furan rings is 1. The summed E-state index contributed by atoms with van der Waals surface area (Å²) in [5, 5.41) is 2.23. The van der Waals surface area contributed by atoms with Gasteiger partial charge in [-0.3, -0.25) is 0 Å². The highest BCUT2D eigenvalue weighted by molar-refractivity contribution is 6.10. The maximum absolute atomic E-state index is 7.19. The van der Waals surface area contributed by atoms with Gasteiger partial charge in [-0.2, -0.15) is 0 Å². The van der Waals surface area contributed by atoms with Crippen molar-refractivity contribution >= 4 is 39.0 Å². The smallest absolute Gasteiger partial charge is 0.142 e. The van der Waals surface area contributed by atoms with Gasteiger partial charge in [-0.25, -0.2) is 0 Å². The quantitative estimate of drug-likeness (QED) is 0.179. The molecule has 0 aliphatic heterocycles. The second kappa shape index (κ2) is 11.4. The first-order valence-corrected chi connectivity index (χ1v) is 18.9. The van der Waals surface area contributed by atoms with Crippen LogP contribution in [0.4, 0.5) is 17.1 Å². The number of hydrogen-bond donors (Lipinski definition) is 0. The number of anilines is 3. The third-order valence-corrected chi connectivity index (χ3v) is 12.1. The van der Waals surface area contributed by atoms with Gasteiger partial charge in [0.2, 0.25) is 0 Å². The van der Waals surface area contributed by atoms with Crippen LogP contribution < -0.4 is 4.90 Å². The van der Waals surface area contributed by atoms with E-state index in [9.17, 15) is 0 Å². The Morgan fingerprint density at radius 3 is 1.72 bits per heavy atom. The van der Waals surface area contributed by atoms with E-state index < -0.39 is 5.41 Å². The van der Waals surface area contributed by atoms with Crippen LogP contribution in [0.15, 0.2) is 192 Å². The van der Waals surface area contributed by atoms with Gasteiger partial charge in [0.05, 0.1) is 16.8 Å². The minimum absolute atomic E-state index is 0.148. The first kappa shape index (κ1) is 30.9. The highest BCUT2D eigenvalue weighted by Crippen LogP contribution is 2.62. The molecule has 8 aromatic carbocycles. The zero-order valence-electron chi connectivity index (χ0n) is 30.3. The summed E-state index contributed by atoms with van der Waals surface area (Å²) in [4.78, 5) is 2.51. The lowest BCUT2D eigenvalue weighted by Gasteiger charge is -2.38. The minimum Gasteiger partial charge on any atom is -0.456 e. The van der Waals surface area contributed by atoms with Crippen molar-refractivity contribution in [1.29, 1.82) is 0 Å². The standard InChI is InChI=1S/C52H37NO/c1-51(2)41-26-13-11-25-40(41)48-44(51)29-17-30-45(48)53(35-20-7-4-8-21-35)46-33-32-39-38-24-12-16-31-47(38)54-50(39)49(46)52(34-18-5-3-6-19-34)42-27-14-9-22-36(42)37-23-10-15-28-43(37)52/h3-33H,1-2H3. The topological polar surface area (TPSA) is 16.4 Å². The molecule has 256 valence electrons. The summed E-state index contributed by atoms with van der Waals surface area (Å²) in [6.07, 6.45) is 0.